The summed E-state index contributed by atoms with van der Waals surface area (Å²) >= 11 is 0. The van der Waals surface area contributed by atoms with Crippen LogP contribution in [0.25, 0.3) is 0 Å². The highest BCUT2D eigenvalue weighted by atomic mass is 16.5. The molecule has 1 unspecified atom stereocenters. The summed E-state index contributed by atoms with van der Waals surface area (Å²) in [5.74, 6) is 0.848. The number of benzene rings is 1. The third-order valence-electron chi connectivity index (χ3n) is 2.31. The smallest absolute Gasteiger partial charge is 0.120 e. The molecule has 15 heavy (non-hydrogen) atoms. The van der Waals surface area contributed by atoms with E-state index in [9.17, 15) is 0 Å². The largest absolute Gasteiger partial charge is 0.497 e. The van der Waals surface area contributed by atoms with Crippen LogP contribution in [-0.4, -0.2) is 33.3 Å². The zero-order chi connectivity index (χ0) is 11.3. The van der Waals surface area contributed by atoms with Gasteiger partial charge >= 0.3 is 0 Å². The van der Waals surface area contributed by atoms with Gasteiger partial charge in [-0.25, -0.2) is 0 Å². The summed E-state index contributed by atoms with van der Waals surface area (Å²) in [6.45, 7) is 1.23. The number of hydrogen-bond acceptors (Lipinski definition) is 4. The second kappa shape index (κ2) is 5.58. The Kier molecular flexibility index (Phi) is 4.39. The molecular formula is C11H19N3O. The SMILES string of the molecule is COc1cccc(N(C)CC(N)CN)c1. The van der Waals surface area contributed by atoms with Crippen molar-refractivity contribution in [2.75, 3.05) is 32.1 Å². The highest BCUT2D eigenvalue weighted by Crippen LogP contribution is 2.19. The molecule has 1 aromatic carbocycles. The highest BCUT2D eigenvalue weighted by Gasteiger charge is 2.06. The third-order valence-corrected chi connectivity index (χ3v) is 2.31. The van der Waals surface area contributed by atoms with Gasteiger partial charge in [0.05, 0.1) is 7.11 Å². The monoisotopic (exact) mass is 209 g/mol. The maximum Gasteiger partial charge on any atom is 0.120 e. The maximum absolute atomic E-state index is 5.78. The van der Waals surface area contributed by atoms with Crippen LogP contribution in [0.2, 0.25) is 0 Å². The molecule has 1 aromatic rings. The predicted molar refractivity (Wildman–Crippen MR) is 63.3 cm³/mol. The minimum atomic E-state index is 0.00111. The summed E-state index contributed by atoms with van der Waals surface area (Å²) in [4.78, 5) is 2.07. The van der Waals surface area contributed by atoms with Crippen LogP contribution < -0.4 is 21.1 Å². The summed E-state index contributed by atoms with van der Waals surface area (Å²) in [6, 6.07) is 7.87. The van der Waals surface area contributed by atoms with Crippen molar-refractivity contribution in [3.05, 3.63) is 24.3 Å². The molecule has 0 aliphatic rings. The molecule has 0 aliphatic heterocycles. The summed E-state index contributed by atoms with van der Waals surface area (Å²) in [7, 11) is 3.65. The van der Waals surface area contributed by atoms with Crippen molar-refractivity contribution in [2.45, 2.75) is 6.04 Å². The van der Waals surface area contributed by atoms with Gasteiger partial charge in [0, 0.05) is 37.9 Å². The number of ether oxygens (including phenoxy) is 1. The van der Waals surface area contributed by atoms with Gasteiger partial charge < -0.3 is 21.1 Å². The number of nitrogens with zero attached hydrogens (tertiary/aromatic N) is 1. The molecule has 1 atom stereocenters. The van der Waals surface area contributed by atoms with Gasteiger partial charge in [-0.2, -0.15) is 0 Å². The fourth-order valence-electron chi connectivity index (χ4n) is 1.38. The lowest BCUT2D eigenvalue weighted by Crippen LogP contribution is -2.40. The quantitative estimate of drug-likeness (QED) is 0.737. The molecule has 84 valence electrons. The molecule has 0 saturated heterocycles. The molecular weight excluding hydrogens is 190 g/mol. The summed E-state index contributed by atoms with van der Waals surface area (Å²) in [6.07, 6.45) is 0. The van der Waals surface area contributed by atoms with Crippen molar-refractivity contribution in [3.63, 3.8) is 0 Å². The van der Waals surface area contributed by atoms with Gasteiger partial charge in [0.15, 0.2) is 0 Å². The Morgan fingerprint density at radius 3 is 2.80 bits per heavy atom. The van der Waals surface area contributed by atoms with E-state index in [1.54, 1.807) is 7.11 Å². The molecule has 4 N–H and O–H groups in total. The molecule has 0 amide bonds. The van der Waals surface area contributed by atoms with Gasteiger partial charge in [-0.15, -0.1) is 0 Å². The molecule has 0 aromatic heterocycles. The van der Waals surface area contributed by atoms with Gasteiger partial charge in [-0.3, -0.25) is 0 Å². The molecule has 0 aliphatic carbocycles. The Labute approximate surface area is 90.8 Å². The Morgan fingerprint density at radius 1 is 1.47 bits per heavy atom. The van der Waals surface area contributed by atoms with E-state index in [0.29, 0.717) is 6.54 Å². The lowest BCUT2D eigenvalue weighted by molar-refractivity contribution is 0.415. The first kappa shape index (κ1) is 11.8. The van der Waals surface area contributed by atoms with E-state index >= 15 is 0 Å². The number of rotatable bonds is 5. The van der Waals surface area contributed by atoms with Crippen LogP contribution in [0, 0.1) is 0 Å². The zero-order valence-corrected chi connectivity index (χ0v) is 9.31. The van der Waals surface area contributed by atoms with Gasteiger partial charge in [0.1, 0.15) is 5.75 Å². The first-order valence-corrected chi connectivity index (χ1v) is 4.98. The second-order valence-electron chi connectivity index (χ2n) is 3.58. The Bertz CT molecular complexity index is 304. The molecule has 0 fully saturated rings. The average molecular weight is 209 g/mol. The van der Waals surface area contributed by atoms with E-state index < -0.39 is 0 Å². The van der Waals surface area contributed by atoms with Crippen LogP contribution in [0.1, 0.15) is 0 Å². The minimum absolute atomic E-state index is 0.00111. The molecule has 1 rings (SSSR count). The van der Waals surface area contributed by atoms with Crippen molar-refractivity contribution in [1.82, 2.24) is 0 Å². The predicted octanol–water partition coefficient (Wildman–Crippen LogP) is 0.417. The third kappa shape index (κ3) is 3.42. The number of nitrogens with two attached hydrogens (primary N) is 2. The average Bonchev–Trinajstić information content (AvgIpc) is 2.28. The normalized spacial score (nSPS) is 12.3. The van der Waals surface area contributed by atoms with E-state index in [4.69, 9.17) is 16.2 Å². The number of hydrogen-bond donors (Lipinski definition) is 2. The molecule has 0 heterocycles. The van der Waals surface area contributed by atoms with Crippen molar-refractivity contribution in [1.29, 1.82) is 0 Å². The second-order valence-corrected chi connectivity index (χ2v) is 3.58. The number of likely N-dealkylation sites (N-methyl/N-ethyl adjacent to an activating group) is 1. The van der Waals surface area contributed by atoms with E-state index in [0.717, 1.165) is 18.0 Å². The van der Waals surface area contributed by atoms with Gasteiger partial charge in [0.2, 0.25) is 0 Å². The lowest BCUT2D eigenvalue weighted by atomic mass is 10.2. The Balaban J connectivity index is 2.68. The van der Waals surface area contributed by atoms with Crippen molar-refractivity contribution in [2.24, 2.45) is 11.5 Å². The van der Waals surface area contributed by atoms with E-state index in [1.807, 2.05) is 31.3 Å². The zero-order valence-electron chi connectivity index (χ0n) is 9.31. The first-order valence-electron chi connectivity index (χ1n) is 4.98. The van der Waals surface area contributed by atoms with Crippen LogP contribution in [0.5, 0.6) is 5.75 Å². The standard InChI is InChI=1S/C11H19N3O/c1-14(8-9(13)7-12)10-4-3-5-11(6-10)15-2/h3-6,9H,7-8,12-13H2,1-2H3. The van der Waals surface area contributed by atoms with Crippen LogP contribution >= 0.6 is 0 Å². The van der Waals surface area contributed by atoms with Gasteiger partial charge in [-0.05, 0) is 12.1 Å². The molecule has 4 nitrogen and oxygen atoms in total. The van der Waals surface area contributed by atoms with E-state index in [1.165, 1.54) is 0 Å². The first-order chi connectivity index (χ1) is 7.17. The van der Waals surface area contributed by atoms with Crippen LogP contribution in [0.4, 0.5) is 5.69 Å². The van der Waals surface area contributed by atoms with Crippen molar-refractivity contribution >= 4 is 5.69 Å². The highest BCUT2D eigenvalue weighted by molar-refractivity contribution is 5.50. The molecule has 0 radical (unpaired) electrons. The molecule has 4 heteroatoms. The number of anilines is 1. The van der Waals surface area contributed by atoms with Crippen LogP contribution in [0.3, 0.4) is 0 Å². The van der Waals surface area contributed by atoms with Crippen molar-refractivity contribution < 1.29 is 4.74 Å². The van der Waals surface area contributed by atoms with Gasteiger partial charge in [0.25, 0.3) is 0 Å². The maximum atomic E-state index is 5.78. The number of methoxy groups -OCH3 is 1. The molecule has 0 bridgehead atoms. The van der Waals surface area contributed by atoms with Crippen molar-refractivity contribution in [3.8, 4) is 5.75 Å². The van der Waals surface area contributed by atoms with Gasteiger partial charge in [-0.1, -0.05) is 6.07 Å². The van der Waals surface area contributed by atoms with Crippen LogP contribution in [-0.2, 0) is 0 Å². The molecule has 0 saturated carbocycles. The summed E-state index contributed by atoms with van der Waals surface area (Å²) in [5.41, 5.74) is 12.3. The fourth-order valence-corrected chi connectivity index (χ4v) is 1.38. The Hall–Kier alpha value is -1.26. The lowest BCUT2D eigenvalue weighted by Gasteiger charge is -2.22. The van der Waals surface area contributed by atoms with E-state index in [2.05, 4.69) is 4.90 Å². The fraction of sp³-hybridized carbons (Fsp3) is 0.455. The topological polar surface area (TPSA) is 64.5 Å². The summed E-state index contributed by atoms with van der Waals surface area (Å²) < 4.78 is 5.15. The molecule has 0 spiro atoms. The summed E-state index contributed by atoms with van der Waals surface area (Å²) in [5, 5.41) is 0. The van der Waals surface area contributed by atoms with Crippen LogP contribution in [0.15, 0.2) is 24.3 Å². The van der Waals surface area contributed by atoms with E-state index in [-0.39, 0.29) is 6.04 Å². The minimum Gasteiger partial charge on any atom is -0.497 e. The Morgan fingerprint density at radius 2 is 2.20 bits per heavy atom.